The lowest BCUT2D eigenvalue weighted by atomic mass is 10.1. The zero-order chi connectivity index (χ0) is 12.7. The third-order valence-corrected chi connectivity index (χ3v) is 2.79. The van der Waals surface area contributed by atoms with Crippen LogP contribution in [0.4, 0.5) is 0 Å². The Hall–Kier alpha value is -1.85. The molecule has 0 unspecified atom stereocenters. The van der Waals surface area contributed by atoms with Gasteiger partial charge in [-0.25, -0.2) is 0 Å². The van der Waals surface area contributed by atoms with Gasteiger partial charge in [0.25, 0.3) is 0 Å². The Balaban J connectivity index is 2.82. The van der Waals surface area contributed by atoms with Crippen LogP contribution in [0.3, 0.4) is 0 Å². The van der Waals surface area contributed by atoms with Gasteiger partial charge in [-0.05, 0) is 24.3 Å². The normalized spacial score (nSPS) is 10.6. The van der Waals surface area contributed by atoms with E-state index < -0.39 is 0 Å². The van der Waals surface area contributed by atoms with Crippen molar-refractivity contribution in [2.75, 3.05) is 20.1 Å². The smallest absolute Gasteiger partial charge is 0.105 e. The summed E-state index contributed by atoms with van der Waals surface area (Å²) in [6.45, 7) is 10.3. The fourth-order valence-electron chi connectivity index (χ4n) is 1.95. The summed E-state index contributed by atoms with van der Waals surface area (Å²) in [6.07, 6.45) is 3.88. The van der Waals surface area contributed by atoms with Crippen molar-refractivity contribution in [2.45, 2.75) is 6.54 Å². The first-order valence-corrected chi connectivity index (χ1v) is 5.68. The van der Waals surface area contributed by atoms with E-state index in [9.17, 15) is 0 Å². The molecule has 1 aromatic rings. The predicted octanol–water partition coefficient (Wildman–Crippen LogP) is 2.88. The standard InChI is InChI=1S/C15H19N2/c1-4-10-17(3,11-5-2)13-15-8-6-14(12-16)7-9-15/h4-9H,1-2,10-11,13H2,3H3/q+1. The van der Waals surface area contributed by atoms with Gasteiger partial charge in [0.1, 0.15) is 6.54 Å². The molecule has 0 amide bonds. The summed E-state index contributed by atoms with van der Waals surface area (Å²) >= 11 is 0. The summed E-state index contributed by atoms with van der Waals surface area (Å²) in [5, 5.41) is 8.75. The molecule has 0 heterocycles. The molecular formula is C15H19N2+. The Bertz CT molecular complexity index is 413. The van der Waals surface area contributed by atoms with Gasteiger partial charge in [-0.3, -0.25) is 0 Å². The molecule has 1 aromatic carbocycles. The fraction of sp³-hybridized carbons (Fsp3) is 0.267. The van der Waals surface area contributed by atoms with Crippen LogP contribution in [0.15, 0.2) is 49.6 Å². The van der Waals surface area contributed by atoms with Gasteiger partial charge in [0.05, 0.1) is 31.8 Å². The Labute approximate surface area is 104 Å². The largest absolute Gasteiger partial charge is 0.316 e. The molecule has 17 heavy (non-hydrogen) atoms. The first kappa shape index (κ1) is 13.2. The van der Waals surface area contributed by atoms with E-state index in [4.69, 9.17) is 5.26 Å². The van der Waals surface area contributed by atoms with Crippen LogP contribution in [-0.4, -0.2) is 24.6 Å². The van der Waals surface area contributed by atoms with Gasteiger partial charge in [-0.2, -0.15) is 5.26 Å². The van der Waals surface area contributed by atoms with Crippen molar-refractivity contribution in [3.8, 4) is 6.07 Å². The SMILES string of the molecule is C=CC[N+](C)(CC=C)Cc1ccc(C#N)cc1. The second-order valence-electron chi connectivity index (χ2n) is 4.53. The molecule has 0 bridgehead atoms. The summed E-state index contributed by atoms with van der Waals surface area (Å²) in [7, 11) is 2.18. The zero-order valence-corrected chi connectivity index (χ0v) is 10.4. The van der Waals surface area contributed by atoms with Gasteiger partial charge in [0.15, 0.2) is 0 Å². The monoisotopic (exact) mass is 227 g/mol. The van der Waals surface area contributed by atoms with Gasteiger partial charge < -0.3 is 4.48 Å². The fourth-order valence-corrected chi connectivity index (χ4v) is 1.95. The second kappa shape index (κ2) is 6.03. The predicted molar refractivity (Wildman–Crippen MR) is 71.2 cm³/mol. The molecule has 0 spiro atoms. The highest BCUT2D eigenvalue weighted by atomic mass is 15.3. The molecule has 0 saturated carbocycles. The lowest BCUT2D eigenvalue weighted by molar-refractivity contribution is -0.911. The Morgan fingerprint density at radius 2 is 1.71 bits per heavy atom. The molecule has 0 radical (unpaired) electrons. The average molecular weight is 227 g/mol. The summed E-state index contributed by atoms with van der Waals surface area (Å²) in [5.41, 5.74) is 1.94. The number of nitriles is 1. The van der Waals surface area contributed by atoms with E-state index in [2.05, 4.69) is 26.3 Å². The van der Waals surface area contributed by atoms with Crippen molar-refractivity contribution >= 4 is 0 Å². The Morgan fingerprint density at radius 1 is 1.18 bits per heavy atom. The molecule has 0 saturated heterocycles. The van der Waals surface area contributed by atoms with E-state index in [0.717, 1.165) is 24.1 Å². The van der Waals surface area contributed by atoms with Crippen molar-refractivity contribution in [3.63, 3.8) is 0 Å². The van der Waals surface area contributed by atoms with Crippen LogP contribution >= 0.6 is 0 Å². The highest BCUT2D eigenvalue weighted by Crippen LogP contribution is 2.13. The summed E-state index contributed by atoms with van der Waals surface area (Å²) in [5.74, 6) is 0. The van der Waals surface area contributed by atoms with Crippen LogP contribution in [0.25, 0.3) is 0 Å². The van der Waals surface area contributed by atoms with Gasteiger partial charge in [0, 0.05) is 5.56 Å². The zero-order valence-electron chi connectivity index (χ0n) is 10.4. The molecule has 88 valence electrons. The van der Waals surface area contributed by atoms with E-state index in [0.29, 0.717) is 5.56 Å². The first-order chi connectivity index (χ1) is 8.13. The molecule has 0 aliphatic carbocycles. The quantitative estimate of drug-likeness (QED) is 0.541. The van der Waals surface area contributed by atoms with Gasteiger partial charge >= 0.3 is 0 Å². The molecule has 0 atom stereocenters. The number of benzene rings is 1. The molecule has 2 heteroatoms. The van der Waals surface area contributed by atoms with Crippen LogP contribution < -0.4 is 0 Å². The molecule has 0 aliphatic heterocycles. The van der Waals surface area contributed by atoms with E-state index in [1.807, 2.05) is 36.4 Å². The maximum atomic E-state index is 8.75. The van der Waals surface area contributed by atoms with Crippen LogP contribution in [0.1, 0.15) is 11.1 Å². The molecule has 2 nitrogen and oxygen atoms in total. The lowest BCUT2D eigenvalue weighted by Gasteiger charge is -2.32. The highest BCUT2D eigenvalue weighted by Gasteiger charge is 2.18. The van der Waals surface area contributed by atoms with E-state index in [-0.39, 0.29) is 0 Å². The molecule has 0 aromatic heterocycles. The minimum atomic E-state index is 0.704. The number of likely N-dealkylation sites (N-methyl/N-ethyl adjacent to an activating group) is 1. The molecule has 0 fully saturated rings. The van der Waals surface area contributed by atoms with Gasteiger partial charge in [-0.1, -0.05) is 25.3 Å². The summed E-state index contributed by atoms with van der Waals surface area (Å²) in [6, 6.07) is 9.89. The van der Waals surface area contributed by atoms with Crippen LogP contribution in [0, 0.1) is 11.3 Å². The second-order valence-corrected chi connectivity index (χ2v) is 4.53. The molecular weight excluding hydrogens is 208 g/mol. The molecule has 1 rings (SSSR count). The topological polar surface area (TPSA) is 23.8 Å². The number of hydrogen-bond acceptors (Lipinski definition) is 1. The molecule has 0 aliphatic rings. The first-order valence-electron chi connectivity index (χ1n) is 5.68. The van der Waals surface area contributed by atoms with Crippen molar-refractivity contribution in [2.24, 2.45) is 0 Å². The number of nitrogens with zero attached hydrogens (tertiary/aromatic N) is 2. The average Bonchev–Trinajstić information content (AvgIpc) is 2.30. The van der Waals surface area contributed by atoms with E-state index in [1.165, 1.54) is 5.56 Å². The van der Waals surface area contributed by atoms with E-state index >= 15 is 0 Å². The van der Waals surface area contributed by atoms with Gasteiger partial charge in [0.2, 0.25) is 0 Å². The third-order valence-electron chi connectivity index (χ3n) is 2.79. The summed E-state index contributed by atoms with van der Waals surface area (Å²) < 4.78 is 0.860. The molecule has 0 N–H and O–H groups in total. The highest BCUT2D eigenvalue weighted by molar-refractivity contribution is 5.31. The minimum Gasteiger partial charge on any atom is -0.316 e. The van der Waals surface area contributed by atoms with Crippen LogP contribution in [-0.2, 0) is 6.54 Å². The number of rotatable bonds is 6. The van der Waals surface area contributed by atoms with Crippen molar-refractivity contribution < 1.29 is 4.48 Å². The van der Waals surface area contributed by atoms with Crippen molar-refractivity contribution in [3.05, 3.63) is 60.7 Å². The number of quaternary nitrogens is 1. The van der Waals surface area contributed by atoms with Crippen LogP contribution in [0.2, 0.25) is 0 Å². The lowest BCUT2D eigenvalue weighted by Crippen LogP contribution is -2.43. The summed E-state index contributed by atoms with van der Waals surface area (Å²) in [4.78, 5) is 0. The minimum absolute atomic E-state index is 0.704. The third kappa shape index (κ3) is 3.90. The maximum absolute atomic E-state index is 8.75. The number of hydrogen-bond donors (Lipinski definition) is 0. The van der Waals surface area contributed by atoms with Crippen molar-refractivity contribution in [1.29, 1.82) is 5.26 Å². The Morgan fingerprint density at radius 3 is 2.12 bits per heavy atom. The maximum Gasteiger partial charge on any atom is 0.105 e. The van der Waals surface area contributed by atoms with Crippen LogP contribution in [0.5, 0.6) is 0 Å². The van der Waals surface area contributed by atoms with Gasteiger partial charge in [-0.15, -0.1) is 0 Å². The van der Waals surface area contributed by atoms with Crippen molar-refractivity contribution in [1.82, 2.24) is 0 Å². The Kier molecular flexibility index (Phi) is 4.68. The van der Waals surface area contributed by atoms with E-state index in [1.54, 1.807) is 0 Å².